The van der Waals surface area contributed by atoms with E-state index >= 15 is 0 Å². The van der Waals surface area contributed by atoms with Gasteiger partial charge in [-0.25, -0.2) is 4.79 Å². The summed E-state index contributed by atoms with van der Waals surface area (Å²) in [5.41, 5.74) is 0.938. The number of nitrogens with zero attached hydrogens (tertiary/aromatic N) is 2. The van der Waals surface area contributed by atoms with E-state index in [1.54, 1.807) is 24.8 Å². The summed E-state index contributed by atoms with van der Waals surface area (Å²) in [5, 5.41) is 3.61. The van der Waals surface area contributed by atoms with Gasteiger partial charge in [0.2, 0.25) is 0 Å². The molecule has 2 aromatic rings. The predicted molar refractivity (Wildman–Crippen MR) is 76.1 cm³/mol. The minimum Gasteiger partial charge on any atom is -0.452 e. The summed E-state index contributed by atoms with van der Waals surface area (Å²) in [7, 11) is 0. The lowest BCUT2D eigenvalue weighted by Crippen LogP contribution is -2.00. The molecule has 20 heavy (non-hydrogen) atoms. The van der Waals surface area contributed by atoms with Gasteiger partial charge in [-0.2, -0.15) is 4.98 Å². The van der Waals surface area contributed by atoms with E-state index < -0.39 is 5.97 Å². The predicted octanol–water partition coefficient (Wildman–Crippen LogP) is 2.86. The van der Waals surface area contributed by atoms with Crippen molar-refractivity contribution < 1.29 is 14.1 Å². The Labute approximate surface area is 121 Å². The highest BCUT2D eigenvalue weighted by Gasteiger charge is 2.05. The number of hydrogen-bond acceptors (Lipinski definition) is 6. The van der Waals surface area contributed by atoms with Crippen LogP contribution in [0.4, 0.5) is 0 Å². The van der Waals surface area contributed by atoms with Gasteiger partial charge < -0.3 is 9.26 Å². The fraction of sp³-hybridized carbons (Fsp3) is 0.214. The van der Waals surface area contributed by atoms with Crippen LogP contribution < -0.4 is 0 Å². The maximum atomic E-state index is 11.5. The second-order valence-corrected chi connectivity index (χ2v) is 4.83. The molecule has 0 fully saturated rings. The number of ether oxygens (including phenoxy) is 1. The zero-order chi connectivity index (χ0) is 14.4. The summed E-state index contributed by atoms with van der Waals surface area (Å²) < 4.78 is 9.82. The van der Waals surface area contributed by atoms with Crippen LogP contribution >= 0.6 is 11.8 Å². The average molecular weight is 290 g/mol. The molecule has 0 N–H and O–H groups in total. The first-order chi connectivity index (χ1) is 9.67. The number of carbonyl (C=O) groups is 1. The zero-order valence-electron chi connectivity index (χ0n) is 11.2. The SMILES string of the molecule is CSc1ccc(/C=C/C(=O)OCc2nc(C)no2)cc1. The molecular weight excluding hydrogens is 276 g/mol. The summed E-state index contributed by atoms with van der Waals surface area (Å²) >= 11 is 1.67. The monoisotopic (exact) mass is 290 g/mol. The molecule has 0 aliphatic carbocycles. The fourth-order valence-corrected chi connectivity index (χ4v) is 1.87. The number of aromatic nitrogens is 2. The standard InChI is InChI=1S/C14H14N2O3S/c1-10-15-13(19-16-10)9-18-14(17)8-5-11-3-6-12(20-2)7-4-11/h3-8H,9H2,1-2H3/b8-5+. The lowest BCUT2D eigenvalue weighted by molar-refractivity contribution is -0.139. The Balaban J connectivity index is 1.85. The number of esters is 1. The van der Waals surface area contributed by atoms with Gasteiger partial charge in [-0.05, 0) is 37.0 Å². The van der Waals surface area contributed by atoms with Gasteiger partial charge in [-0.3, -0.25) is 0 Å². The molecule has 0 saturated carbocycles. The van der Waals surface area contributed by atoms with E-state index in [-0.39, 0.29) is 12.5 Å². The third-order valence-corrected chi connectivity index (χ3v) is 3.18. The molecule has 0 amide bonds. The molecule has 0 atom stereocenters. The van der Waals surface area contributed by atoms with Crippen molar-refractivity contribution in [2.45, 2.75) is 18.4 Å². The molecule has 2 rings (SSSR count). The molecule has 1 aromatic heterocycles. The maximum Gasteiger partial charge on any atom is 0.331 e. The van der Waals surface area contributed by atoms with E-state index in [1.807, 2.05) is 30.5 Å². The Bertz CT molecular complexity index is 605. The van der Waals surface area contributed by atoms with Gasteiger partial charge in [0.25, 0.3) is 5.89 Å². The second kappa shape index (κ2) is 6.91. The number of carbonyl (C=O) groups excluding carboxylic acids is 1. The molecule has 0 unspecified atom stereocenters. The van der Waals surface area contributed by atoms with Crippen LogP contribution in [0.3, 0.4) is 0 Å². The van der Waals surface area contributed by atoms with E-state index in [9.17, 15) is 4.79 Å². The van der Waals surface area contributed by atoms with Gasteiger partial charge in [0, 0.05) is 11.0 Å². The van der Waals surface area contributed by atoms with Gasteiger partial charge in [0.15, 0.2) is 12.4 Å². The van der Waals surface area contributed by atoms with E-state index in [0.29, 0.717) is 5.82 Å². The molecule has 5 nitrogen and oxygen atoms in total. The highest BCUT2D eigenvalue weighted by atomic mass is 32.2. The van der Waals surface area contributed by atoms with Crippen molar-refractivity contribution in [3.63, 3.8) is 0 Å². The van der Waals surface area contributed by atoms with Crippen LogP contribution in [0.2, 0.25) is 0 Å². The van der Waals surface area contributed by atoms with Crippen molar-refractivity contribution in [1.82, 2.24) is 10.1 Å². The van der Waals surface area contributed by atoms with Crippen LogP contribution in [-0.2, 0) is 16.1 Å². The normalized spacial score (nSPS) is 10.9. The van der Waals surface area contributed by atoms with Gasteiger partial charge in [-0.15, -0.1) is 11.8 Å². The van der Waals surface area contributed by atoms with E-state index in [4.69, 9.17) is 9.26 Å². The van der Waals surface area contributed by atoms with Crippen LogP contribution in [0.15, 0.2) is 39.8 Å². The zero-order valence-corrected chi connectivity index (χ0v) is 12.0. The minimum absolute atomic E-state index is 0.0184. The Hall–Kier alpha value is -2.08. The number of benzene rings is 1. The Morgan fingerprint density at radius 2 is 2.15 bits per heavy atom. The van der Waals surface area contributed by atoms with Crippen LogP contribution in [0.5, 0.6) is 0 Å². The van der Waals surface area contributed by atoms with E-state index in [2.05, 4.69) is 10.1 Å². The molecule has 104 valence electrons. The molecule has 0 spiro atoms. The number of thioether (sulfide) groups is 1. The van der Waals surface area contributed by atoms with E-state index in [0.717, 1.165) is 5.56 Å². The molecule has 0 bridgehead atoms. The number of aryl methyl sites for hydroxylation is 1. The summed E-state index contributed by atoms with van der Waals surface area (Å²) in [6.07, 6.45) is 5.09. The highest BCUT2D eigenvalue weighted by molar-refractivity contribution is 7.98. The largest absolute Gasteiger partial charge is 0.452 e. The first-order valence-electron chi connectivity index (χ1n) is 5.95. The fourth-order valence-electron chi connectivity index (χ4n) is 1.46. The molecule has 0 aliphatic rings. The van der Waals surface area contributed by atoms with Crippen LogP contribution in [0.25, 0.3) is 6.08 Å². The Morgan fingerprint density at radius 3 is 2.75 bits per heavy atom. The van der Waals surface area contributed by atoms with Gasteiger partial charge in [0.1, 0.15) is 0 Å². The molecule has 0 aliphatic heterocycles. The van der Waals surface area contributed by atoms with Crippen LogP contribution in [0.1, 0.15) is 17.3 Å². The molecule has 0 radical (unpaired) electrons. The first kappa shape index (κ1) is 14.3. The molecule has 0 saturated heterocycles. The average Bonchev–Trinajstić information content (AvgIpc) is 2.89. The first-order valence-corrected chi connectivity index (χ1v) is 7.18. The van der Waals surface area contributed by atoms with Crippen molar-refractivity contribution in [3.8, 4) is 0 Å². The van der Waals surface area contributed by atoms with E-state index in [1.165, 1.54) is 11.0 Å². The minimum atomic E-state index is -0.449. The summed E-state index contributed by atoms with van der Waals surface area (Å²) in [6, 6.07) is 7.88. The lowest BCUT2D eigenvalue weighted by atomic mass is 10.2. The lowest BCUT2D eigenvalue weighted by Gasteiger charge is -1.98. The van der Waals surface area contributed by atoms with Crippen molar-refractivity contribution in [2.75, 3.05) is 6.26 Å². The van der Waals surface area contributed by atoms with Crippen molar-refractivity contribution in [1.29, 1.82) is 0 Å². The quantitative estimate of drug-likeness (QED) is 0.479. The van der Waals surface area contributed by atoms with Gasteiger partial charge in [0.05, 0.1) is 0 Å². The molecular formula is C14H14N2O3S. The maximum absolute atomic E-state index is 11.5. The third kappa shape index (κ3) is 4.24. The highest BCUT2D eigenvalue weighted by Crippen LogP contribution is 2.15. The van der Waals surface area contributed by atoms with Gasteiger partial charge >= 0.3 is 5.97 Å². The topological polar surface area (TPSA) is 65.2 Å². The third-order valence-electron chi connectivity index (χ3n) is 2.44. The van der Waals surface area contributed by atoms with Gasteiger partial charge in [-0.1, -0.05) is 17.3 Å². The Morgan fingerprint density at radius 1 is 1.40 bits per heavy atom. The number of rotatable bonds is 5. The van der Waals surface area contributed by atoms with Crippen LogP contribution in [-0.4, -0.2) is 22.4 Å². The molecule has 1 aromatic carbocycles. The van der Waals surface area contributed by atoms with Crippen molar-refractivity contribution in [3.05, 3.63) is 47.6 Å². The molecule has 6 heteroatoms. The van der Waals surface area contributed by atoms with Crippen molar-refractivity contribution in [2.24, 2.45) is 0 Å². The molecule has 1 heterocycles. The second-order valence-electron chi connectivity index (χ2n) is 3.95. The number of hydrogen-bond donors (Lipinski definition) is 0. The summed E-state index contributed by atoms with van der Waals surface area (Å²) in [4.78, 5) is 16.6. The summed E-state index contributed by atoms with van der Waals surface area (Å²) in [5.74, 6) is 0.351. The summed E-state index contributed by atoms with van der Waals surface area (Å²) in [6.45, 7) is 1.68. The van der Waals surface area contributed by atoms with Crippen molar-refractivity contribution >= 4 is 23.8 Å². The van der Waals surface area contributed by atoms with Crippen LogP contribution in [0, 0.1) is 6.92 Å². The smallest absolute Gasteiger partial charge is 0.331 e. The Kier molecular flexibility index (Phi) is 4.95.